The summed E-state index contributed by atoms with van der Waals surface area (Å²) in [4.78, 5) is 0. The highest BCUT2D eigenvalue weighted by molar-refractivity contribution is 9.10. The SMILES string of the molecule is N#Cc1ccc(Br)c([C@@H]2COCCN2)c1O. The first-order chi connectivity index (χ1) is 7.74. The van der Waals surface area contributed by atoms with Crippen molar-refractivity contribution in [1.29, 1.82) is 5.26 Å². The molecule has 1 aliphatic heterocycles. The number of aromatic hydroxyl groups is 1. The van der Waals surface area contributed by atoms with Gasteiger partial charge in [-0.2, -0.15) is 5.26 Å². The molecule has 84 valence electrons. The van der Waals surface area contributed by atoms with Gasteiger partial charge in [-0.1, -0.05) is 15.9 Å². The smallest absolute Gasteiger partial charge is 0.139 e. The van der Waals surface area contributed by atoms with Crippen LogP contribution in [-0.2, 0) is 4.74 Å². The number of hydrogen-bond acceptors (Lipinski definition) is 4. The van der Waals surface area contributed by atoms with Crippen molar-refractivity contribution in [1.82, 2.24) is 5.32 Å². The zero-order valence-corrected chi connectivity index (χ0v) is 10.1. The molecule has 2 rings (SSSR count). The Hall–Kier alpha value is -1.09. The molecule has 0 amide bonds. The zero-order valence-electron chi connectivity index (χ0n) is 8.53. The van der Waals surface area contributed by atoms with E-state index < -0.39 is 0 Å². The lowest BCUT2D eigenvalue weighted by Crippen LogP contribution is -2.34. The van der Waals surface area contributed by atoms with E-state index in [1.165, 1.54) is 0 Å². The highest BCUT2D eigenvalue weighted by Crippen LogP contribution is 2.35. The van der Waals surface area contributed by atoms with Gasteiger partial charge < -0.3 is 15.2 Å². The largest absolute Gasteiger partial charge is 0.506 e. The van der Waals surface area contributed by atoms with E-state index in [0.29, 0.717) is 18.8 Å². The first-order valence-electron chi connectivity index (χ1n) is 4.96. The number of phenols is 1. The Labute approximate surface area is 102 Å². The molecule has 5 heteroatoms. The van der Waals surface area contributed by atoms with Crippen molar-refractivity contribution in [2.24, 2.45) is 0 Å². The predicted molar refractivity (Wildman–Crippen MR) is 62.1 cm³/mol. The fourth-order valence-corrected chi connectivity index (χ4v) is 2.35. The molecule has 4 nitrogen and oxygen atoms in total. The average molecular weight is 283 g/mol. The number of morpholine rings is 1. The summed E-state index contributed by atoms with van der Waals surface area (Å²) in [6.07, 6.45) is 0. The molecule has 0 saturated carbocycles. The summed E-state index contributed by atoms with van der Waals surface area (Å²) >= 11 is 3.38. The van der Waals surface area contributed by atoms with Crippen LogP contribution in [0.5, 0.6) is 5.75 Å². The summed E-state index contributed by atoms with van der Waals surface area (Å²) in [7, 11) is 0. The van der Waals surface area contributed by atoms with Gasteiger partial charge in [0.25, 0.3) is 0 Å². The van der Waals surface area contributed by atoms with Crippen molar-refractivity contribution in [3.63, 3.8) is 0 Å². The number of nitrogens with one attached hydrogen (secondary N) is 1. The van der Waals surface area contributed by atoms with Gasteiger partial charge >= 0.3 is 0 Å². The molecule has 0 bridgehead atoms. The fraction of sp³-hybridized carbons (Fsp3) is 0.364. The molecular weight excluding hydrogens is 272 g/mol. The Morgan fingerprint density at radius 1 is 1.56 bits per heavy atom. The van der Waals surface area contributed by atoms with Crippen LogP contribution in [0.3, 0.4) is 0 Å². The Kier molecular flexibility index (Phi) is 3.44. The number of rotatable bonds is 1. The van der Waals surface area contributed by atoms with Gasteiger partial charge in [-0.15, -0.1) is 0 Å². The van der Waals surface area contributed by atoms with Crippen LogP contribution >= 0.6 is 15.9 Å². The standard InChI is InChI=1S/C11H11BrN2O2/c12-8-2-1-7(5-13)11(15)10(8)9-6-16-4-3-14-9/h1-2,9,14-15H,3-4,6H2/t9-/m0/s1. The van der Waals surface area contributed by atoms with Crippen molar-refractivity contribution in [2.75, 3.05) is 19.8 Å². The van der Waals surface area contributed by atoms with Crippen molar-refractivity contribution in [3.05, 3.63) is 27.7 Å². The molecule has 0 aliphatic carbocycles. The van der Waals surface area contributed by atoms with E-state index in [9.17, 15) is 5.11 Å². The fourth-order valence-electron chi connectivity index (χ4n) is 1.76. The third kappa shape index (κ3) is 2.05. The van der Waals surface area contributed by atoms with E-state index in [-0.39, 0.29) is 17.4 Å². The third-order valence-electron chi connectivity index (χ3n) is 2.55. The topological polar surface area (TPSA) is 65.3 Å². The Balaban J connectivity index is 2.42. The summed E-state index contributed by atoms with van der Waals surface area (Å²) in [5, 5.41) is 22.1. The van der Waals surface area contributed by atoms with Crippen LogP contribution in [0.25, 0.3) is 0 Å². The van der Waals surface area contributed by atoms with Crippen LogP contribution in [0.4, 0.5) is 0 Å². The van der Waals surface area contributed by atoms with Crippen LogP contribution < -0.4 is 5.32 Å². The van der Waals surface area contributed by atoms with Crippen LogP contribution in [0.1, 0.15) is 17.2 Å². The van der Waals surface area contributed by atoms with E-state index in [2.05, 4.69) is 21.2 Å². The molecule has 1 aromatic rings. The summed E-state index contributed by atoms with van der Waals surface area (Å²) in [5.74, 6) is 0.0277. The lowest BCUT2D eigenvalue weighted by molar-refractivity contribution is 0.0758. The van der Waals surface area contributed by atoms with Gasteiger partial charge in [-0.25, -0.2) is 0 Å². The van der Waals surface area contributed by atoms with Gasteiger partial charge in [-0.05, 0) is 12.1 Å². The molecule has 1 atom stereocenters. The lowest BCUT2D eigenvalue weighted by atomic mass is 10.0. The highest BCUT2D eigenvalue weighted by Gasteiger charge is 2.22. The number of hydrogen-bond donors (Lipinski definition) is 2. The lowest BCUT2D eigenvalue weighted by Gasteiger charge is -2.25. The van der Waals surface area contributed by atoms with Crippen molar-refractivity contribution < 1.29 is 9.84 Å². The number of halogens is 1. The van der Waals surface area contributed by atoms with Crippen molar-refractivity contribution in [3.8, 4) is 11.8 Å². The molecule has 2 N–H and O–H groups in total. The van der Waals surface area contributed by atoms with E-state index in [1.807, 2.05) is 6.07 Å². The van der Waals surface area contributed by atoms with Crippen LogP contribution in [-0.4, -0.2) is 24.9 Å². The molecule has 16 heavy (non-hydrogen) atoms. The van der Waals surface area contributed by atoms with Crippen LogP contribution in [0.2, 0.25) is 0 Å². The molecule has 1 aromatic carbocycles. The number of nitriles is 1. The minimum atomic E-state index is -0.0728. The molecule has 1 fully saturated rings. The second kappa shape index (κ2) is 4.83. The molecular formula is C11H11BrN2O2. The highest BCUT2D eigenvalue weighted by atomic mass is 79.9. The number of phenolic OH excluding ortho intramolecular Hbond substituents is 1. The van der Waals surface area contributed by atoms with Gasteiger partial charge in [0.2, 0.25) is 0 Å². The third-order valence-corrected chi connectivity index (χ3v) is 3.25. The maximum absolute atomic E-state index is 9.97. The minimum absolute atomic E-state index is 0.0277. The maximum atomic E-state index is 9.97. The molecule has 0 spiro atoms. The Morgan fingerprint density at radius 3 is 3.00 bits per heavy atom. The number of nitrogens with zero attached hydrogens (tertiary/aromatic N) is 1. The summed E-state index contributed by atoms with van der Waals surface area (Å²) in [5.41, 5.74) is 0.976. The molecule has 0 unspecified atom stereocenters. The molecule has 1 saturated heterocycles. The Bertz CT molecular complexity index is 436. The van der Waals surface area contributed by atoms with E-state index >= 15 is 0 Å². The quantitative estimate of drug-likeness (QED) is 0.823. The normalized spacial score (nSPS) is 20.4. The van der Waals surface area contributed by atoms with Gasteiger partial charge in [-0.3, -0.25) is 0 Å². The first kappa shape index (κ1) is 11.4. The summed E-state index contributed by atoms with van der Waals surface area (Å²) < 4.78 is 6.13. The minimum Gasteiger partial charge on any atom is -0.506 e. The van der Waals surface area contributed by atoms with E-state index in [0.717, 1.165) is 11.0 Å². The average Bonchev–Trinajstić information content (AvgIpc) is 2.31. The second-order valence-electron chi connectivity index (χ2n) is 3.55. The molecule has 1 heterocycles. The molecule has 0 aromatic heterocycles. The number of benzene rings is 1. The molecule has 0 radical (unpaired) electrons. The Morgan fingerprint density at radius 2 is 2.38 bits per heavy atom. The van der Waals surface area contributed by atoms with Gasteiger partial charge in [0.15, 0.2) is 0 Å². The maximum Gasteiger partial charge on any atom is 0.139 e. The van der Waals surface area contributed by atoms with Crippen LogP contribution in [0.15, 0.2) is 16.6 Å². The van der Waals surface area contributed by atoms with Gasteiger partial charge in [0.05, 0.1) is 24.8 Å². The van der Waals surface area contributed by atoms with E-state index in [1.54, 1.807) is 12.1 Å². The van der Waals surface area contributed by atoms with Gasteiger partial charge in [0, 0.05) is 16.6 Å². The molecule has 1 aliphatic rings. The summed E-state index contributed by atoms with van der Waals surface area (Å²) in [6.45, 7) is 1.92. The van der Waals surface area contributed by atoms with Crippen molar-refractivity contribution >= 4 is 15.9 Å². The van der Waals surface area contributed by atoms with E-state index in [4.69, 9.17) is 10.00 Å². The summed E-state index contributed by atoms with van der Waals surface area (Å²) in [6, 6.07) is 5.25. The van der Waals surface area contributed by atoms with Gasteiger partial charge in [0.1, 0.15) is 11.8 Å². The number of ether oxygens (including phenoxy) is 1. The van der Waals surface area contributed by atoms with Crippen LogP contribution in [0, 0.1) is 11.3 Å². The zero-order chi connectivity index (χ0) is 11.5. The van der Waals surface area contributed by atoms with Crippen molar-refractivity contribution in [2.45, 2.75) is 6.04 Å². The predicted octanol–water partition coefficient (Wildman–Crippen LogP) is 1.69. The first-order valence-corrected chi connectivity index (χ1v) is 5.76. The second-order valence-corrected chi connectivity index (χ2v) is 4.40. The monoisotopic (exact) mass is 282 g/mol.